The first kappa shape index (κ1) is 20.2. The van der Waals surface area contributed by atoms with Crippen LogP contribution in [0.15, 0.2) is 83.9 Å². The molecule has 2 aromatic carbocycles. The van der Waals surface area contributed by atoms with Gasteiger partial charge in [0.25, 0.3) is 0 Å². The molecule has 0 aliphatic heterocycles. The van der Waals surface area contributed by atoms with Crippen LogP contribution in [0.2, 0.25) is 0 Å². The molecule has 0 aliphatic carbocycles. The Morgan fingerprint density at radius 2 is 1.54 bits per heavy atom. The van der Waals surface area contributed by atoms with Gasteiger partial charge in [-0.15, -0.1) is 0 Å². The molecule has 146 valence electrons. The van der Waals surface area contributed by atoms with Gasteiger partial charge < -0.3 is 0 Å². The molecule has 1 aromatic heterocycles. The summed E-state index contributed by atoms with van der Waals surface area (Å²) in [5.74, 6) is 0.403. The van der Waals surface area contributed by atoms with Crippen molar-refractivity contribution in [1.29, 1.82) is 0 Å². The second-order valence-corrected chi connectivity index (χ2v) is 8.96. The van der Waals surface area contributed by atoms with Crippen LogP contribution in [0.1, 0.15) is 49.0 Å². The summed E-state index contributed by atoms with van der Waals surface area (Å²) in [5, 5.41) is 0. The van der Waals surface area contributed by atoms with Crippen LogP contribution in [-0.2, 0) is 10.0 Å². The molecule has 0 N–H and O–H groups in total. The van der Waals surface area contributed by atoms with Crippen LogP contribution in [-0.4, -0.2) is 24.8 Å². The fourth-order valence-electron chi connectivity index (χ4n) is 3.25. The molecule has 0 aliphatic rings. The summed E-state index contributed by atoms with van der Waals surface area (Å²) in [6, 6.07) is 21.9. The van der Waals surface area contributed by atoms with E-state index >= 15 is 0 Å². The van der Waals surface area contributed by atoms with Crippen molar-refractivity contribution in [3.05, 3.63) is 95.8 Å². The van der Waals surface area contributed by atoms with Crippen LogP contribution in [0.4, 0.5) is 0 Å². The quantitative estimate of drug-likeness (QED) is 0.566. The van der Waals surface area contributed by atoms with E-state index in [1.807, 2.05) is 60.7 Å². The Hall–Kier alpha value is -2.50. The van der Waals surface area contributed by atoms with Gasteiger partial charge in [-0.2, -0.15) is 4.31 Å². The first-order valence-corrected chi connectivity index (χ1v) is 10.9. The summed E-state index contributed by atoms with van der Waals surface area (Å²) in [4.78, 5) is 4.72. The zero-order valence-electron chi connectivity index (χ0n) is 16.5. The number of nitrogens with zero attached hydrogens (tertiary/aromatic N) is 2. The van der Waals surface area contributed by atoms with Crippen molar-refractivity contribution in [1.82, 2.24) is 9.29 Å². The van der Waals surface area contributed by atoms with Gasteiger partial charge in [-0.05, 0) is 47.7 Å². The van der Waals surface area contributed by atoms with Gasteiger partial charge in [0.15, 0.2) is 0 Å². The highest BCUT2D eigenvalue weighted by Gasteiger charge is 2.31. The molecule has 3 aromatic rings. The zero-order chi connectivity index (χ0) is 20.1. The summed E-state index contributed by atoms with van der Waals surface area (Å²) in [7, 11) is -2.08. The first-order valence-electron chi connectivity index (χ1n) is 9.49. The Balaban J connectivity index is 2.01. The molecular weight excluding hydrogens is 368 g/mol. The minimum Gasteiger partial charge on any atom is -0.259 e. The van der Waals surface area contributed by atoms with Crippen LogP contribution in [0.25, 0.3) is 0 Å². The SMILES string of the molecule is CC[C@H](C)c1ccc(S(=O)(=O)N(C)[C@H](c2ccccc2)c2ccccn2)cc1. The van der Waals surface area contributed by atoms with Gasteiger partial charge in [-0.3, -0.25) is 4.98 Å². The zero-order valence-corrected chi connectivity index (χ0v) is 17.3. The van der Waals surface area contributed by atoms with Crippen molar-refractivity contribution in [3.63, 3.8) is 0 Å². The normalized spacial score (nSPS) is 14.0. The summed E-state index contributed by atoms with van der Waals surface area (Å²) < 4.78 is 28.1. The minimum atomic E-state index is -3.69. The highest BCUT2D eigenvalue weighted by Crippen LogP contribution is 2.31. The highest BCUT2D eigenvalue weighted by atomic mass is 32.2. The molecule has 0 bridgehead atoms. The van der Waals surface area contributed by atoms with Crippen LogP contribution in [0.3, 0.4) is 0 Å². The van der Waals surface area contributed by atoms with Crippen molar-refractivity contribution >= 4 is 10.0 Å². The Morgan fingerprint density at radius 1 is 0.893 bits per heavy atom. The number of pyridine rings is 1. The van der Waals surface area contributed by atoms with E-state index in [2.05, 4.69) is 18.8 Å². The van der Waals surface area contributed by atoms with Crippen molar-refractivity contribution < 1.29 is 8.42 Å². The summed E-state index contributed by atoms with van der Waals surface area (Å²) in [6.45, 7) is 4.27. The van der Waals surface area contributed by atoms with Crippen LogP contribution < -0.4 is 0 Å². The Kier molecular flexibility index (Phi) is 6.27. The van der Waals surface area contributed by atoms with Gasteiger partial charge in [-0.25, -0.2) is 8.42 Å². The fraction of sp³-hybridized carbons (Fsp3) is 0.261. The monoisotopic (exact) mass is 394 g/mol. The largest absolute Gasteiger partial charge is 0.259 e. The van der Waals surface area contributed by atoms with Crippen molar-refractivity contribution in [2.24, 2.45) is 0 Å². The number of rotatable bonds is 7. The van der Waals surface area contributed by atoms with Crippen molar-refractivity contribution in [2.45, 2.75) is 37.1 Å². The average Bonchev–Trinajstić information content (AvgIpc) is 2.75. The lowest BCUT2D eigenvalue weighted by Gasteiger charge is -2.27. The maximum atomic E-state index is 13.4. The third-order valence-corrected chi connectivity index (χ3v) is 7.02. The van der Waals surface area contributed by atoms with Crippen molar-refractivity contribution in [3.8, 4) is 0 Å². The van der Waals surface area contributed by atoms with Gasteiger partial charge in [0.2, 0.25) is 10.0 Å². The molecule has 0 unspecified atom stereocenters. The smallest absolute Gasteiger partial charge is 0.243 e. The van der Waals surface area contributed by atoms with Gasteiger partial charge in [-0.1, -0.05) is 62.4 Å². The van der Waals surface area contributed by atoms with E-state index in [0.717, 1.165) is 17.5 Å². The van der Waals surface area contributed by atoms with Crippen LogP contribution in [0, 0.1) is 0 Å². The molecule has 4 nitrogen and oxygen atoms in total. The molecule has 0 radical (unpaired) electrons. The predicted molar refractivity (Wildman–Crippen MR) is 113 cm³/mol. The molecule has 0 fully saturated rings. The van der Waals surface area contributed by atoms with E-state index < -0.39 is 16.1 Å². The lowest BCUT2D eigenvalue weighted by Crippen LogP contribution is -2.32. The molecular formula is C23H26N2O2S. The summed E-state index contributed by atoms with van der Waals surface area (Å²) in [5.41, 5.74) is 2.72. The van der Waals surface area contributed by atoms with Gasteiger partial charge >= 0.3 is 0 Å². The third-order valence-electron chi connectivity index (χ3n) is 5.19. The van der Waals surface area contributed by atoms with E-state index in [0.29, 0.717) is 16.5 Å². The number of hydrogen-bond acceptors (Lipinski definition) is 3. The number of benzene rings is 2. The topological polar surface area (TPSA) is 50.3 Å². The van der Waals surface area contributed by atoms with E-state index in [4.69, 9.17) is 0 Å². The van der Waals surface area contributed by atoms with Crippen LogP contribution in [0.5, 0.6) is 0 Å². The van der Waals surface area contributed by atoms with Gasteiger partial charge in [0.05, 0.1) is 16.6 Å². The maximum absolute atomic E-state index is 13.4. The third kappa shape index (κ3) is 4.16. The fourth-order valence-corrected chi connectivity index (χ4v) is 4.57. The first-order chi connectivity index (χ1) is 13.4. The Morgan fingerprint density at radius 3 is 2.11 bits per heavy atom. The molecule has 28 heavy (non-hydrogen) atoms. The molecule has 5 heteroatoms. The molecule has 0 amide bonds. The molecule has 1 heterocycles. The highest BCUT2D eigenvalue weighted by molar-refractivity contribution is 7.89. The molecule has 0 spiro atoms. The number of aromatic nitrogens is 1. The Bertz CT molecular complexity index is 948. The number of hydrogen-bond donors (Lipinski definition) is 0. The molecule has 2 atom stereocenters. The lowest BCUT2D eigenvalue weighted by atomic mass is 9.99. The second kappa shape index (κ2) is 8.67. The van der Waals surface area contributed by atoms with E-state index in [9.17, 15) is 8.42 Å². The maximum Gasteiger partial charge on any atom is 0.243 e. The number of sulfonamides is 1. The average molecular weight is 395 g/mol. The summed E-state index contributed by atoms with van der Waals surface area (Å²) >= 11 is 0. The molecule has 3 rings (SSSR count). The van der Waals surface area contributed by atoms with Crippen LogP contribution >= 0.6 is 0 Å². The predicted octanol–water partition coefficient (Wildman–Crippen LogP) is 5.01. The molecule has 0 saturated heterocycles. The minimum absolute atomic E-state index is 0.291. The van der Waals surface area contributed by atoms with E-state index in [-0.39, 0.29) is 0 Å². The van der Waals surface area contributed by atoms with Crippen molar-refractivity contribution in [2.75, 3.05) is 7.05 Å². The second-order valence-electron chi connectivity index (χ2n) is 6.97. The summed E-state index contributed by atoms with van der Waals surface area (Å²) in [6.07, 6.45) is 2.70. The van der Waals surface area contributed by atoms with E-state index in [1.54, 1.807) is 25.4 Å². The van der Waals surface area contributed by atoms with E-state index in [1.165, 1.54) is 4.31 Å². The van der Waals surface area contributed by atoms with Gasteiger partial charge in [0, 0.05) is 13.2 Å². The Labute approximate surface area is 167 Å². The van der Waals surface area contributed by atoms with Gasteiger partial charge in [0.1, 0.15) is 0 Å². The molecule has 0 saturated carbocycles. The lowest BCUT2D eigenvalue weighted by molar-refractivity contribution is 0.412. The standard InChI is InChI=1S/C23H26N2O2S/c1-4-18(2)19-13-15-21(16-14-19)28(26,27)25(3)23(20-10-6-5-7-11-20)22-12-8-9-17-24-22/h5-18,23H,4H2,1-3H3/t18-,23+/m0/s1.